The molecule has 1 aromatic heterocycles. The van der Waals surface area contributed by atoms with Crippen LogP contribution >= 0.6 is 31.9 Å². The zero-order valence-corrected chi connectivity index (χ0v) is 12.3. The van der Waals surface area contributed by atoms with Gasteiger partial charge in [0.15, 0.2) is 0 Å². The minimum atomic E-state index is 0.647. The van der Waals surface area contributed by atoms with Gasteiger partial charge < -0.3 is 4.57 Å². The summed E-state index contributed by atoms with van der Waals surface area (Å²) in [4.78, 5) is 4.59. The summed E-state index contributed by atoms with van der Waals surface area (Å²) in [7, 11) is 2.08. The number of hydrogen-bond donors (Lipinski definition) is 0. The van der Waals surface area contributed by atoms with Crippen molar-refractivity contribution in [3.05, 3.63) is 15.0 Å². The van der Waals surface area contributed by atoms with Crippen LogP contribution in [-0.2, 0) is 7.05 Å². The number of imidazole rings is 1. The molecular weight excluding hydrogens is 320 g/mol. The SMILES string of the molecule is Cn1c(Br)c(Br)nc1[C@H]1CC[C@H](C)CC1. The van der Waals surface area contributed by atoms with Crippen LogP contribution < -0.4 is 0 Å². The second kappa shape index (κ2) is 4.58. The van der Waals surface area contributed by atoms with Crippen molar-refractivity contribution in [2.75, 3.05) is 0 Å². The van der Waals surface area contributed by atoms with E-state index in [2.05, 4.69) is 55.4 Å². The molecule has 1 fully saturated rings. The minimum Gasteiger partial charge on any atom is -0.325 e. The molecule has 0 bridgehead atoms. The first kappa shape index (κ1) is 11.6. The highest BCUT2D eigenvalue weighted by Gasteiger charge is 2.24. The zero-order chi connectivity index (χ0) is 11.0. The lowest BCUT2D eigenvalue weighted by molar-refractivity contribution is 0.336. The normalized spacial score (nSPS) is 26.9. The molecule has 2 nitrogen and oxygen atoms in total. The molecule has 1 aromatic rings. The summed E-state index contributed by atoms with van der Waals surface area (Å²) in [6.45, 7) is 2.35. The van der Waals surface area contributed by atoms with Crippen LogP contribution in [-0.4, -0.2) is 9.55 Å². The lowest BCUT2D eigenvalue weighted by Gasteiger charge is -2.25. The molecule has 1 heterocycles. The van der Waals surface area contributed by atoms with Crippen molar-refractivity contribution in [2.45, 2.75) is 38.5 Å². The van der Waals surface area contributed by atoms with Crippen molar-refractivity contribution < 1.29 is 0 Å². The first-order valence-electron chi connectivity index (χ1n) is 5.47. The Morgan fingerprint density at radius 1 is 1.20 bits per heavy atom. The third-order valence-electron chi connectivity index (χ3n) is 3.40. The van der Waals surface area contributed by atoms with Crippen LogP contribution in [0.2, 0.25) is 0 Å². The first-order valence-corrected chi connectivity index (χ1v) is 7.05. The maximum Gasteiger partial charge on any atom is 0.139 e. The third-order valence-corrected chi connectivity index (χ3v) is 5.39. The second-order valence-electron chi connectivity index (χ2n) is 4.57. The number of rotatable bonds is 1. The van der Waals surface area contributed by atoms with Gasteiger partial charge in [0.1, 0.15) is 15.0 Å². The first-order chi connectivity index (χ1) is 7.09. The topological polar surface area (TPSA) is 17.8 Å². The summed E-state index contributed by atoms with van der Waals surface area (Å²) in [6, 6.07) is 0. The Kier molecular flexibility index (Phi) is 3.56. The summed E-state index contributed by atoms with van der Waals surface area (Å²) >= 11 is 7.00. The smallest absolute Gasteiger partial charge is 0.139 e. The van der Waals surface area contributed by atoms with E-state index in [4.69, 9.17) is 0 Å². The van der Waals surface area contributed by atoms with E-state index in [0.29, 0.717) is 5.92 Å². The van der Waals surface area contributed by atoms with E-state index < -0.39 is 0 Å². The van der Waals surface area contributed by atoms with Crippen molar-refractivity contribution in [1.82, 2.24) is 9.55 Å². The maximum absolute atomic E-state index is 4.59. The van der Waals surface area contributed by atoms with Crippen LogP contribution in [0.4, 0.5) is 0 Å². The Hall–Kier alpha value is 0.170. The van der Waals surface area contributed by atoms with Gasteiger partial charge in [-0.3, -0.25) is 0 Å². The zero-order valence-electron chi connectivity index (χ0n) is 9.13. The van der Waals surface area contributed by atoms with Crippen LogP contribution in [0.1, 0.15) is 44.3 Å². The highest BCUT2D eigenvalue weighted by molar-refractivity contribution is 9.13. The van der Waals surface area contributed by atoms with Crippen molar-refractivity contribution in [3.8, 4) is 0 Å². The molecule has 0 radical (unpaired) electrons. The fourth-order valence-corrected chi connectivity index (χ4v) is 3.06. The van der Waals surface area contributed by atoms with Gasteiger partial charge in [0.2, 0.25) is 0 Å². The molecule has 2 rings (SSSR count). The molecule has 0 aliphatic heterocycles. The van der Waals surface area contributed by atoms with Crippen LogP contribution in [0.25, 0.3) is 0 Å². The standard InChI is InChI=1S/C11H16Br2N2/c1-7-3-5-8(6-4-7)11-14-9(12)10(13)15(11)2/h7-8H,3-6H2,1-2H3/t7-,8-. The van der Waals surface area contributed by atoms with Gasteiger partial charge >= 0.3 is 0 Å². The molecule has 0 atom stereocenters. The predicted octanol–water partition coefficient (Wildman–Crippen LogP) is 4.24. The van der Waals surface area contributed by atoms with Crippen LogP contribution in [0.3, 0.4) is 0 Å². The van der Waals surface area contributed by atoms with Crippen LogP contribution in [0.5, 0.6) is 0 Å². The van der Waals surface area contributed by atoms with Gasteiger partial charge in [-0.25, -0.2) is 4.98 Å². The van der Waals surface area contributed by atoms with Crippen LogP contribution in [0.15, 0.2) is 9.21 Å². The van der Waals surface area contributed by atoms with Gasteiger partial charge in [0.25, 0.3) is 0 Å². The largest absolute Gasteiger partial charge is 0.325 e. The van der Waals surface area contributed by atoms with Gasteiger partial charge in [0, 0.05) is 13.0 Å². The van der Waals surface area contributed by atoms with Gasteiger partial charge in [-0.1, -0.05) is 19.8 Å². The van der Waals surface area contributed by atoms with Gasteiger partial charge in [-0.15, -0.1) is 0 Å². The monoisotopic (exact) mass is 334 g/mol. The Labute approximate surface area is 108 Å². The number of nitrogens with zero attached hydrogens (tertiary/aromatic N) is 2. The minimum absolute atomic E-state index is 0.647. The van der Waals surface area contributed by atoms with Gasteiger partial charge in [0.05, 0.1) is 0 Å². The van der Waals surface area contributed by atoms with E-state index in [9.17, 15) is 0 Å². The van der Waals surface area contributed by atoms with E-state index in [1.165, 1.54) is 31.5 Å². The molecule has 15 heavy (non-hydrogen) atoms. The lowest BCUT2D eigenvalue weighted by atomic mass is 9.82. The fourth-order valence-electron chi connectivity index (χ4n) is 2.34. The van der Waals surface area contributed by atoms with E-state index >= 15 is 0 Å². The van der Waals surface area contributed by atoms with Crippen molar-refractivity contribution in [1.29, 1.82) is 0 Å². The third kappa shape index (κ3) is 2.31. The van der Waals surface area contributed by atoms with E-state index in [-0.39, 0.29) is 0 Å². The maximum atomic E-state index is 4.59. The van der Waals surface area contributed by atoms with E-state index in [1.807, 2.05) is 0 Å². The summed E-state index contributed by atoms with van der Waals surface area (Å²) < 4.78 is 4.14. The van der Waals surface area contributed by atoms with Crippen LogP contribution in [0, 0.1) is 5.92 Å². The average Bonchev–Trinajstić information content (AvgIpc) is 2.47. The van der Waals surface area contributed by atoms with Gasteiger partial charge in [-0.05, 0) is 50.6 Å². The summed E-state index contributed by atoms with van der Waals surface area (Å²) in [5, 5.41) is 0. The lowest BCUT2D eigenvalue weighted by Crippen LogP contribution is -2.14. The molecule has 0 N–H and O–H groups in total. The molecule has 0 saturated heterocycles. The van der Waals surface area contributed by atoms with Crippen molar-refractivity contribution in [3.63, 3.8) is 0 Å². The molecular formula is C11H16Br2N2. The molecule has 0 amide bonds. The van der Waals surface area contributed by atoms with E-state index in [0.717, 1.165) is 15.1 Å². The second-order valence-corrected chi connectivity index (χ2v) is 6.07. The number of halogens is 2. The molecule has 0 aromatic carbocycles. The summed E-state index contributed by atoms with van der Waals surface area (Å²) in [5.41, 5.74) is 0. The molecule has 0 unspecified atom stereocenters. The van der Waals surface area contributed by atoms with Crippen molar-refractivity contribution >= 4 is 31.9 Å². The molecule has 84 valence electrons. The fraction of sp³-hybridized carbons (Fsp3) is 0.727. The number of aromatic nitrogens is 2. The molecule has 4 heteroatoms. The average molecular weight is 336 g/mol. The molecule has 1 aliphatic carbocycles. The summed E-state index contributed by atoms with van der Waals surface area (Å²) in [6.07, 6.45) is 5.25. The highest BCUT2D eigenvalue weighted by atomic mass is 79.9. The highest BCUT2D eigenvalue weighted by Crippen LogP contribution is 2.37. The Balaban J connectivity index is 2.19. The molecule has 1 saturated carbocycles. The summed E-state index contributed by atoms with van der Waals surface area (Å²) in [5.74, 6) is 2.77. The molecule has 0 spiro atoms. The predicted molar refractivity (Wildman–Crippen MR) is 69.0 cm³/mol. The Morgan fingerprint density at radius 2 is 1.80 bits per heavy atom. The van der Waals surface area contributed by atoms with Gasteiger partial charge in [-0.2, -0.15) is 0 Å². The number of hydrogen-bond acceptors (Lipinski definition) is 1. The van der Waals surface area contributed by atoms with Crippen molar-refractivity contribution in [2.24, 2.45) is 13.0 Å². The Morgan fingerprint density at radius 3 is 2.27 bits per heavy atom. The quantitative estimate of drug-likeness (QED) is 0.750. The molecule has 1 aliphatic rings. The van der Waals surface area contributed by atoms with E-state index in [1.54, 1.807) is 0 Å². The Bertz CT molecular complexity index is 352.